The number of benzene rings is 2. The van der Waals surface area contributed by atoms with E-state index in [1.807, 2.05) is 0 Å². The van der Waals surface area contributed by atoms with Gasteiger partial charge in [0.15, 0.2) is 28.1 Å². The van der Waals surface area contributed by atoms with E-state index in [4.69, 9.17) is 13.9 Å². The molecule has 1 atom stereocenters. The summed E-state index contributed by atoms with van der Waals surface area (Å²) in [6.45, 7) is 3.76. The van der Waals surface area contributed by atoms with Gasteiger partial charge in [0.05, 0.1) is 35.5 Å². The van der Waals surface area contributed by atoms with Crippen LogP contribution in [0.2, 0.25) is 0 Å². The lowest BCUT2D eigenvalue weighted by atomic mass is 9.95. The van der Waals surface area contributed by atoms with Crippen molar-refractivity contribution in [2.75, 3.05) is 18.6 Å². The van der Waals surface area contributed by atoms with Crippen LogP contribution < -0.4 is 14.4 Å². The van der Waals surface area contributed by atoms with Crippen molar-refractivity contribution in [2.45, 2.75) is 19.9 Å². The molecule has 1 unspecified atom stereocenters. The number of aryl methyl sites for hydroxylation is 1. The monoisotopic (exact) mass is 506 g/mol. The molecule has 1 amide bonds. The Hall–Kier alpha value is -4.31. The van der Waals surface area contributed by atoms with E-state index in [1.54, 1.807) is 57.4 Å². The molecule has 5 rings (SSSR count). The van der Waals surface area contributed by atoms with Crippen LogP contribution in [0.25, 0.3) is 10.2 Å². The van der Waals surface area contributed by atoms with Crippen molar-refractivity contribution in [3.63, 3.8) is 0 Å². The Bertz CT molecular complexity index is 1530. The zero-order valence-electron chi connectivity index (χ0n) is 19.6. The molecule has 0 spiro atoms. The number of ketones is 1. The van der Waals surface area contributed by atoms with Gasteiger partial charge in [0.2, 0.25) is 5.78 Å². The second-order valence-electron chi connectivity index (χ2n) is 8.07. The third kappa shape index (κ3) is 3.85. The average Bonchev–Trinajstić information content (AvgIpc) is 3.56. The molecule has 1 aliphatic rings. The summed E-state index contributed by atoms with van der Waals surface area (Å²) >= 11 is 1.22. The second kappa shape index (κ2) is 9.04. The fraction of sp³-hybridized carbons (Fsp3) is 0.192. The van der Waals surface area contributed by atoms with E-state index >= 15 is 0 Å². The highest BCUT2D eigenvalue weighted by atomic mass is 32.1. The normalized spacial score (nSPS) is 15.7. The van der Waals surface area contributed by atoms with E-state index in [2.05, 4.69) is 4.98 Å². The summed E-state index contributed by atoms with van der Waals surface area (Å²) in [6.07, 6.45) is 0. The highest BCUT2D eigenvalue weighted by molar-refractivity contribution is 7.22. The molecule has 3 heterocycles. The summed E-state index contributed by atoms with van der Waals surface area (Å²) in [4.78, 5) is 32.8. The standard InChI is InChI=1S/C26H22N2O7S/c1-4-34-19-11-14(6-9-17(19)29)22-21(23(30)18-10-5-13(2)35-18)24(31)25(32)28(22)26-27-16-8-7-15(33-3)12-20(16)36-26/h5-12,22,29,31H,4H2,1-3H3. The van der Waals surface area contributed by atoms with Gasteiger partial charge in [-0.05, 0) is 61.9 Å². The van der Waals surface area contributed by atoms with Crippen LogP contribution in [0, 0.1) is 6.92 Å². The van der Waals surface area contributed by atoms with E-state index in [1.165, 1.54) is 28.4 Å². The van der Waals surface area contributed by atoms with Gasteiger partial charge in [-0.1, -0.05) is 17.4 Å². The van der Waals surface area contributed by atoms with Gasteiger partial charge in [-0.15, -0.1) is 0 Å². The highest BCUT2D eigenvalue weighted by Gasteiger charge is 2.46. The molecule has 184 valence electrons. The Morgan fingerprint density at radius 1 is 1.17 bits per heavy atom. The minimum Gasteiger partial charge on any atom is -0.504 e. The number of hydrogen-bond donors (Lipinski definition) is 2. The first-order chi connectivity index (χ1) is 17.3. The molecule has 0 saturated heterocycles. The van der Waals surface area contributed by atoms with Crippen LogP contribution in [0.1, 0.15) is 34.8 Å². The summed E-state index contributed by atoms with van der Waals surface area (Å²) in [7, 11) is 1.56. The van der Waals surface area contributed by atoms with Gasteiger partial charge < -0.3 is 24.1 Å². The quantitative estimate of drug-likeness (QED) is 0.332. The summed E-state index contributed by atoms with van der Waals surface area (Å²) in [5.74, 6) is -0.867. The van der Waals surface area contributed by atoms with E-state index in [0.29, 0.717) is 29.2 Å². The number of furan rings is 1. The van der Waals surface area contributed by atoms with Crippen molar-refractivity contribution >= 4 is 38.4 Å². The Morgan fingerprint density at radius 2 is 1.97 bits per heavy atom. The number of aliphatic hydroxyl groups is 1. The summed E-state index contributed by atoms with van der Waals surface area (Å²) in [5, 5.41) is 21.5. The minimum atomic E-state index is -1.04. The number of thiazole rings is 1. The van der Waals surface area contributed by atoms with Crippen LogP contribution in [0.5, 0.6) is 17.2 Å². The minimum absolute atomic E-state index is 0.00783. The molecule has 10 heteroatoms. The second-order valence-corrected chi connectivity index (χ2v) is 9.08. The van der Waals surface area contributed by atoms with Crippen LogP contribution in [0.3, 0.4) is 0 Å². The fourth-order valence-corrected chi connectivity index (χ4v) is 5.15. The predicted octanol–water partition coefficient (Wildman–Crippen LogP) is 5.09. The number of hydrogen-bond acceptors (Lipinski definition) is 9. The van der Waals surface area contributed by atoms with Crippen molar-refractivity contribution in [3.8, 4) is 17.2 Å². The first-order valence-corrected chi connectivity index (χ1v) is 11.9. The number of fused-ring (bicyclic) bond motifs is 1. The number of carbonyl (C=O) groups excluding carboxylic acids is 2. The number of ether oxygens (including phenoxy) is 2. The van der Waals surface area contributed by atoms with Gasteiger partial charge in [0.25, 0.3) is 5.91 Å². The molecule has 2 aromatic carbocycles. The summed E-state index contributed by atoms with van der Waals surface area (Å²) in [5.41, 5.74) is 0.917. The molecule has 0 fully saturated rings. The van der Waals surface area contributed by atoms with Crippen LogP contribution in [0.4, 0.5) is 5.13 Å². The van der Waals surface area contributed by atoms with Crippen molar-refractivity contribution < 1.29 is 33.7 Å². The first-order valence-electron chi connectivity index (χ1n) is 11.1. The molecule has 0 bridgehead atoms. The number of phenols is 1. The van der Waals surface area contributed by atoms with Crippen LogP contribution in [-0.2, 0) is 4.79 Å². The first kappa shape index (κ1) is 23.4. The molecule has 9 nitrogen and oxygen atoms in total. The lowest BCUT2D eigenvalue weighted by Crippen LogP contribution is -2.31. The molecule has 36 heavy (non-hydrogen) atoms. The SMILES string of the molecule is CCOc1cc(C2C(C(=O)c3ccc(C)o3)=C(O)C(=O)N2c2nc3ccc(OC)cc3s2)ccc1O. The lowest BCUT2D eigenvalue weighted by Gasteiger charge is -2.24. The number of carbonyl (C=O) groups is 2. The van der Waals surface area contributed by atoms with Crippen LogP contribution >= 0.6 is 11.3 Å². The van der Waals surface area contributed by atoms with Crippen molar-refractivity contribution in [1.82, 2.24) is 4.98 Å². The molecule has 2 N–H and O–H groups in total. The highest BCUT2D eigenvalue weighted by Crippen LogP contribution is 2.46. The van der Waals surface area contributed by atoms with Crippen LogP contribution in [0.15, 0.2) is 64.3 Å². The Labute approximate surface area is 209 Å². The Morgan fingerprint density at radius 3 is 2.67 bits per heavy atom. The molecule has 0 saturated carbocycles. The van der Waals surface area contributed by atoms with Gasteiger partial charge in [-0.3, -0.25) is 14.5 Å². The maximum atomic E-state index is 13.5. The van der Waals surface area contributed by atoms with Gasteiger partial charge in [0.1, 0.15) is 11.5 Å². The lowest BCUT2D eigenvalue weighted by molar-refractivity contribution is -0.117. The largest absolute Gasteiger partial charge is 0.504 e. The van der Waals surface area contributed by atoms with Crippen molar-refractivity contribution in [2.24, 2.45) is 0 Å². The van der Waals surface area contributed by atoms with Crippen molar-refractivity contribution in [3.05, 3.63) is 76.9 Å². The third-order valence-electron chi connectivity index (χ3n) is 5.81. The molecule has 0 aliphatic carbocycles. The van der Waals surface area contributed by atoms with Gasteiger partial charge in [-0.25, -0.2) is 4.98 Å². The average molecular weight is 507 g/mol. The predicted molar refractivity (Wildman–Crippen MR) is 133 cm³/mol. The number of aromatic nitrogens is 1. The van der Waals surface area contributed by atoms with E-state index in [-0.39, 0.29) is 28.0 Å². The van der Waals surface area contributed by atoms with Crippen molar-refractivity contribution in [1.29, 1.82) is 0 Å². The van der Waals surface area contributed by atoms with E-state index < -0.39 is 23.5 Å². The molecular formula is C26H22N2O7S. The molecular weight excluding hydrogens is 484 g/mol. The summed E-state index contributed by atoms with van der Waals surface area (Å²) in [6, 6.07) is 11.9. The van der Waals surface area contributed by atoms with E-state index in [0.717, 1.165) is 4.70 Å². The summed E-state index contributed by atoms with van der Waals surface area (Å²) < 4.78 is 17.1. The zero-order valence-corrected chi connectivity index (χ0v) is 20.5. The number of methoxy groups -OCH3 is 1. The number of Topliss-reactive ketones (excluding diaryl/α,β-unsaturated/α-hetero) is 1. The number of aromatic hydroxyl groups is 1. The number of aliphatic hydroxyl groups excluding tert-OH is 1. The topological polar surface area (TPSA) is 122 Å². The number of phenolic OH excluding ortho intramolecular Hbond substituents is 1. The third-order valence-corrected chi connectivity index (χ3v) is 6.82. The molecule has 1 aliphatic heterocycles. The maximum Gasteiger partial charge on any atom is 0.296 e. The maximum absolute atomic E-state index is 13.5. The Kier molecular flexibility index (Phi) is 5.89. The van der Waals surface area contributed by atoms with Crippen LogP contribution in [-0.4, -0.2) is 40.6 Å². The molecule has 4 aromatic rings. The molecule has 2 aromatic heterocycles. The number of amides is 1. The van der Waals surface area contributed by atoms with Gasteiger partial charge >= 0.3 is 0 Å². The van der Waals surface area contributed by atoms with Gasteiger partial charge in [0, 0.05) is 0 Å². The number of anilines is 1. The smallest absolute Gasteiger partial charge is 0.296 e. The van der Waals surface area contributed by atoms with E-state index in [9.17, 15) is 19.8 Å². The Balaban J connectivity index is 1.68. The fourth-order valence-electron chi connectivity index (χ4n) is 4.13. The molecule has 0 radical (unpaired) electrons. The zero-order chi connectivity index (χ0) is 25.6. The number of nitrogens with zero attached hydrogens (tertiary/aromatic N) is 2. The number of rotatable bonds is 7. The van der Waals surface area contributed by atoms with Gasteiger partial charge in [-0.2, -0.15) is 0 Å².